The molecule has 9 heteroatoms. The van der Waals surface area contributed by atoms with E-state index in [4.69, 9.17) is 11.6 Å². The first-order valence-electron chi connectivity index (χ1n) is 11.1. The van der Waals surface area contributed by atoms with Crippen LogP contribution in [0.2, 0.25) is 5.02 Å². The highest BCUT2D eigenvalue weighted by Gasteiger charge is 2.55. The predicted molar refractivity (Wildman–Crippen MR) is 124 cm³/mol. The van der Waals surface area contributed by atoms with Gasteiger partial charge in [-0.25, -0.2) is 4.39 Å². The highest BCUT2D eigenvalue weighted by Crippen LogP contribution is 2.48. The molecule has 34 heavy (non-hydrogen) atoms. The second kappa shape index (κ2) is 8.43. The average Bonchev–Trinajstić information content (AvgIpc) is 3.31. The Bertz CT molecular complexity index is 1340. The van der Waals surface area contributed by atoms with Crippen LogP contribution in [0.3, 0.4) is 0 Å². The third-order valence-electron chi connectivity index (χ3n) is 6.73. The van der Waals surface area contributed by atoms with E-state index in [-0.39, 0.29) is 59.0 Å². The van der Waals surface area contributed by atoms with Crippen molar-refractivity contribution >= 4 is 40.1 Å². The van der Waals surface area contributed by atoms with Crippen molar-refractivity contribution < 1.29 is 23.9 Å². The number of fused-ring (bicyclic) bond motifs is 2. The molecule has 1 aliphatic carbocycles. The molecule has 2 aliphatic rings. The van der Waals surface area contributed by atoms with E-state index in [1.807, 2.05) is 0 Å². The van der Waals surface area contributed by atoms with E-state index < -0.39 is 11.9 Å². The van der Waals surface area contributed by atoms with Crippen LogP contribution in [0, 0.1) is 11.7 Å². The molecule has 0 spiro atoms. The molecular formula is C25H23ClFN3O4. The molecule has 2 heterocycles. The fraction of sp³-hybridized carbons (Fsp3) is 0.320. The molecule has 1 aromatic heterocycles. The van der Waals surface area contributed by atoms with E-state index in [0.29, 0.717) is 22.9 Å². The van der Waals surface area contributed by atoms with Crippen molar-refractivity contribution in [3.63, 3.8) is 0 Å². The van der Waals surface area contributed by atoms with E-state index in [2.05, 4.69) is 5.32 Å². The number of hydrogen-bond acceptors (Lipinski definition) is 4. The summed E-state index contributed by atoms with van der Waals surface area (Å²) in [6.07, 6.45) is 3.04. The first-order chi connectivity index (χ1) is 16.2. The van der Waals surface area contributed by atoms with Gasteiger partial charge in [-0.2, -0.15) is 0 Å². The number of carbonyl (C=O) groups excluding carboxylic acids is 3. The third-order valence-corrected chi connectivity index (χ3v) is 7.02. The van der Waals surface area contributed by atoms with Gasteiger partial charge in [-0.15, -0.1) is 0 Å². The average molecular weight is 484 g/mol. The Morgan fingerprint density at radius 1 is 1.21 bits per heavy atom. The summed E-state index contributed by atoms with van der Waals surface area (Å²) in [7, 11) is 0. The topological polar surface area (TPSA) is 91.6 Å². The molecule has 2 amide bonds. The molecule has 3 atom stereocenters. The van der Waals surface area contributed by atoms with Gasteiger partial charge in [-0.3, -0.25) is 14.4 Å². The molecule has 3 aromatic rings. The molecular weight excluding hydrogens is 461 g/mol. The Balaban J connectivity index is 1.34. The molecule has 0 radical (unpaired) electrons. The second-order valence-electron chi connectivity index (χ2n) is 8.97. The molecule has 0 unspecified atom stereocenters. The number of phenols is 1. The van der Waals surface area contributed by atoms with Crippen LogP contribution in [0.1, 0.15) is 35.7 Å². The Morgan fingerprint density at radius 3 is 2.76 bits per heavy atom. The molecule has 2 N–H and O–H groups in total. The smallest absolute Gasteiger partial charge is 0.243 e. The maximum atomic E-state index is 14.2. The predicted octanol–water partition coefficient (Wildman–Crippen LogP) is 3.65. The molecule has 0 bridgehead atoms. The minimum Gasteiger partial charge on any atom is -0.508 e. The van der Waals surface area contributed by atoms with E-state index in [1.165, 1.54) is 25.1 Å². The summed E-state index contributed by atoms with van der Waals surface area (Å²) in [5.74, 6) is -0.971. The molecule has 1 saturated carbocycles. The molecule has 2 aromatic carbocycles. The van der Waals surface area contributed by atoms with Gasteiger partial charge in [0.25, 0.3) is 0 Å². The number of aromatic hydroxyl groups is 1. The summed E-state index contributed by atoms with van der Waals surface area (Å²) in [4.78, 5) is 40.0. The molecule has 7 nitrogen and oxygen atoms in total. The lowest BCUT2D eigenvalue weighted by molar-refractivity contribution is -0.140. The normalized spacial score (nSPS) is 20.9. The van der Waals surface area contributed by atoms with Crippen LogP contribution in [0.5, 0.6) is 5.75 Å². The van der Waals surface area contributed by atoms with Crippen molar-refractivity contribution in [3.8, 4) is 5.75 Å². The lowest BCUT2D eigenvalue weighted by Crippen LogP contribution is -2.48. The summed E-state index contributed by atoms with van der Waals surface area (Å²) in [6, 6.07) is 8.67. The minimum absolute atomic E-state index is 0.0112. The van der Waals surface area contributed by atoms with Crippen molar-refractivity contribution in [2.75, 3.05) is 0 Å². The SMILES string of the molecule is CC(=O)c1cn(CC(=O)N2[C@@H]3C[C@@H]3C[C@H]2C(=O)NCc2cccc(Cl)c2F)c2ccc(O)cc12. The minimum atomic E-state index is -0.628. The van der Waals surface area contributed by atoms with E-state index in [9.17, 15) is 23.9 Å². The van der Waals surface area contributed by atoms with Crippen LogP contribution in [-0.4, -0.2) is 44.3 Å². The van der Waals surface area contributed by atoms with Crippen molar-refractivity contribution in [1.82, 2.24) is 14.8 Å². The Kier molecular flexibility index (Phi) is 5.56. The standard InChI is InChI=1S/C25H23ClFN3O4/c1-13(31)18-11-29(20-6-5-16(32)9-17(18)20)12-23(33)30-21-7-15(21)8-22(30)25(34)28-10-14-3-2-4-19(26)24(14)27/h2-6,9,11,15,21-22,32H,7-8,10,12H2,1H3,(H,28,34)/t15-,21-,22+/m1/s1. The number of phenolic OH excluding ortho intramolecular Hbond substituents is 1. The lowest BCUT2D eigenvalue weighted by Gasteiger charge is -2.27. The van der Waals surface area contributed by atoms with Crippen LogP contribution < -0.4 is 5.32 Å². The van der Waals surface area contributed by atoms with Crippen LogP contribution in [0.25, 0.3) is 10.9 Å². The molecule has 1 aliphatic heterocycles. The highest BCUT2D eigenvalue weighted by molar-refractivity contribution is 6.30. The zero-order valence-corrected chi connectivity index (χ0v) is 19.2. The van der Waals surface area contributed by atoms with Gasteiger partial charge in [-0.05, 0) is 49.9 Å². The molecule has 176 valence electrons. The van der Waals surface area contributed by atoms with Gasteiger partial charge in [0.2, 0.25) is 11.8 Å². The number of rotatable bonds is 6. The van der Waals surface area contributed by atoms with Crippen molar-refractivity contribution in [1.29, 1.82) is 0 Å². The van der Waals surface area contributed by atoms with Crippen molar-refractivity contribution in [2.45, 2.75) is 44.9 Å². The number of halogens is 2. The number of piperidine rings is 1. The first-order valence-corrected chi connectivity index (χ1v) is 11.5. The zero-order chi connectivity index (χ0) is 24.1. The van der Waals surface area contributed by atoms with Crippen molar-refractivity contribution in [3.05, 3.63) is 64.6 Å². The number of likely N-dealkylation sites (tertiary alicyclic amines) is 1. The quantitative estimate of drug-likeness (QED) is 0.523. The van der Waals surface area contributed by atoms with Gasteiger partial charge in [0.15, 0.2) is 5.78 Å². The summed E-state index contributed by atoms with van der Waals surface area (Å²) in [5, 5.41) is 13.1. The number of amides is 2. The zero-order valence-electron chi connectivity index (χ0n) is 18.4. The Morgan fingerprint density at radius 2 is 2.00 bits per heavy atom. The summed E-state index contributed by atoms with van der Waals surface area (Å²) >= 11 is 5.82. The fourth-order valence-corrected chi connectivity index (χ4v) is 5.15. The van der Waals surface area contributed by atoms with E-state index in [1.54, 1.807) is 33.9 Å². The van der Waals surface area contributed by atoms with Gasteiger partial charge in [0, 0.05) is 40.8 Å². The number of aromatic nitrogens is 1. The van der Waals surface area contributed by atoms with E-state index in [0.717, 1.165) is 6.42 Å². The van der Waals surface area contributed by atoms with Gasteiger partial charge < -0.3 is 19.9 Å². The van der Waals surface area contributed by atoms with Crippen molar-refractivity contribution in [2.24, 2.45) is 5.92 Å². The monoisotopic (exact) mass is 483 g/mol. The van der Waals surface area contributed by atoms with Gasteiger partial charge in [-0.1, -0.05) is 23.7 Å². The summed E-state index contributed by atoms with van der Waals surface area (Å²) in [5.41, 5.74) is 1.35. The van der Waals surface area contributed by atoms with Gasteiger partial charge >= 0.3 is 0 Å². The third kappa shape index (κ3) is 3.92. The van der Waals surface area contributed by atoms with Crippen LogP contribution in [-0.2, 0) is 22.7 Å². The molecule has 5 rings (SSSR count). The largest absolute Gasteiger partial charge is 0.508 e. The number of hydrogen-bond donors (Lipinski definition) is 2. The molecule has 2 fully saturated rings. The lowest BCUT2D eigenvalue weighted by atomic mass is 10.1. The number of Topliss-reactive ketones (excluding diaryl/α,β-unsaturated/α-hetero) is 1. The number of nitrogens with one attached hydrogen (secondary N) is 1. The summed E-state index contributed by atoms with van der Waals surface area (Å²) < 4.78 is 15.8. The van der Waals surface area contributed by atoms with Gasteiger partial charge in [0.1, 0.15) is 24.2 Å². The number of nitrogens with zero attached hydrogens (tertiary/aromatic N) is 2. The van der Waals surface area contributed by atoms with Crippen LogP contribution >= 0.6 is 11.6 Å². The number of ketones is 1. The highest BCUT2D eigenvalue weighted by atomic mass is 35.5. The number of benzene rings is 2. The maximum absolute atomic E-state index is 14.2. The first kappa shape index (κ1) is 22.4. The molecule has 1 saturated heterocycles. The Hall–Kier alpha value is -3.39. The summed E-state index contributed by atoms with van der Waals surface area (Å²) in [6.45, 7) is 1.38. The maximum Gasteiger partial charge on any atom is 0.243 e. The second-order valence-corrected chi connectivity index (χ2v) is 9.38. The Labute approximate surface area is 200 Å². The fourth-order valence-electron chi connectivity index (χ4n) is 4.96. The van der Waals surface area contributed by atoms with Gasteiger partial charge in [0.05, 0.1) is 5.02 Å². The van der Waals surface area contributed by atoms with E-state index >= 15 is 0 Å². The van der Waals surface area contributed by atoms with Crippen LogP contribution in [0.15, 0.2) is 42.6 Å². The van der Waals surface area contributed by atoms with Crippen LogP contribution in [0.4, 0.5) is 4.39 Å². The number of carbonyl (C=O) groups is 3.